The second-order valence-corrected chi connectivity index (χ2v) is 6.26. The second kappa shape index (κ2) is 6.80. The molecule has 0 aromatic heterocycles. The Morgan fingerprint density at radius 1 is 1.00 bits per heavy atom. The number of sulfonamides is 1. The summed E-state index contributed by atoms with van der Waals surface area (Å²) < 4.78 is 48.0. The number of carbonyl (C=O) groups is 1. The van der Waals surface area contributed by atoms with E-state index in [1.165, 1.54) is 30.3 Å². The molecule has 0 heterocycles. The third-order valence-electron chi connectivity index (χ3n) is 3.07. The van der Waals surface area contributed by atoms with E-state index in [2.05, 4.69) is 0 Å². The molecule has 0 atom stereocenters. The van der Waals surface area contributed by atoms with Gasteiger partial charge in [-0.15, -0.1) is 0 Å². The zero-order valence-corrected chi connectivity index (χ0v) is 12.6. The van der Waals surface area contributed by atoms with Gasteiger partial charge in [-0.3, -0.25) is 4.79 Å². The molecule has 0 aliphatic carbocycles. The maximum absolute atomic E-state index is 12.8. The minimum atomic E-state index is -3.84. The van der Waals surface area contributed by atoms with Crippen LogP contribution in [0.1, 0.15) is 11.1 Å². The Hall–Kier alpha value is -2.38. The Labute approximate surface area is 132 Å². The van der Waals surface area contributed by atoms with Crippen LogP contribution < -0.4 is 5.14 Å². The molecule has 0 amide bonds. The monoisotopic (exact) mass is 337 g/mol. The fourth-order valence-electron chi connectivity index (χ4n) is 1.95. The lowest BCUT2D eigenvalue weighted by Crippen LogP contribution is -2.12. The van der Waals surface area contributed by atoms with Gasteiger partial charge in [0.25, 0.3) is 0 Å². The Balaban J connectivity index is 2.47. The summed E-state index contributed by atoms with van der Waals surface area (Å²) in [4.78, 5) is 11.6. The summed E-state index contributed by atoms with van der Waals surface area (Å²) in [7, 11) is -3.84. The summed E-state index contributed by atoms with van der Waals surface area (Å²) in [6.45, 7) is 0. The number of ketones is 1. The quantitative estimate of drug-likeness (QED) is 0.673. The van der Waals surface area contributed by atoms with Crippen molar-refractivity contribution in [1.82, 2.24) is 0 Å². The van der Waals surface area contributed by atoms with Gasteiger partial charge in [-0.05, 0) is 29.3 Å². The SMILES string of the molecule is NS(=O)(=O)c1ccc(/C=C(/C(=O)C(F)F)c2ccccc2)cc1. The standard InChI is InChI=1S/C16H13F2NO3S/c17-16(18)15(20)14(12-4-2-1-3-5-12)10-11-6-8-13(9-7-11)23(19,21)22/h1-10,16H,(H2,19,21,22)/b14-10+. The molecule has 0 aliphatic rings. The molecule has 2 N–H and O–H groups in total. The van der Waals surface area contributed by atoms with E-state index in [1.54, 1.807) is 30.3 Å². The van der Waals surface area contributed by atoms with E-state index in [-0.39, 0.29) is 10.5 Å². The summed E-state index contributed by atoms with van der Waals surface area (Å²) in [6, 6.07) is 13.3. The topological polar surface area (TPSA) is 77.2 Å². The van der Waals surface area contributed by atoms with Gasteiger partial charge in [0, 0.05) is 5.57 Å². The highest BCUT2D eigenvalue weighted by Crippen LogP contribution is 2.22. The number of nitrogens with two attached hydrogens (primary N) is 1. The van der Waals surface area contributed by atoms with Crippen molar-refractivity contribution in [1.29, 1.82) is 0 Å². The van der Waals surface area contributed by atoms with Crippen LogP contribution >= 0.6 is 0 Å². The lowest BCUT2D eigenvalue weighted by atomic mass is 9.99. The van der Waals surface area contributed by atoms with Gasteiger partial charge in [-0.25, -0.2) is 22.3 Å². The van der Waals surface area contributed by atoms with Crippen LogP contribution in [0.15, 0.2) is 59.5 Å². The molecule has 2 aromatic carbocycles. The number of halogens is 2. The van der Waals surface area contributed by atoms with Crippen molar-refractivity contribution < 1.29 is 22.0 Å². The molecule has 0 spiro atoms. The zero-order valence-electron chi connectivity index (χ0n) is 11.8. The molecule has 2 aromatic rings. The van der Waals surface area contributed by atoms with Crippen LogP contribution in [-0.2, 0) is 14.8 Å². The highest BCUT2D eigenvalue weighted by Gasteiger charge is 2.21. The average Bonchev–Trinajstić information content (AvgIpc) is 2.52. The number of hydrogen-bond acceptors (Lipinski definition) is 3. The van der Waals surface area contributed by atoms with Gasteiger partial charge >= 0.3 is 6.43 Å². The third kappa shape index (κ3) is 4.30. The second-order valence-electron chi connectivity index (χ2n) is 4.70. The minimum Gasteiger partial charge on any atom is -0.288 e. The molecule has 0 saturated heterocycles. The first-order valence-corrected chi connectivity index (χ1v) is 8.06. The molecule has 2 rings (SSSR count). The predicted octanol–water partition coefficient (Wildman–Crippen LogP) is 2.71. The van der Waals surface area contributed by atoms with Crippen LogP contribution in [0.2, 0.25) is 0 Å². The number of Topliss-reactive ketones (excluding diaryl/α,β-unsaturated/α-hetero) is 1. The van der Waals surface area contributed by atoms with E-state index in [0.717, 1.165) is 0 Å². The fraction of sp³-hybridized carbons (Fsp3) is 0.0625. The van der Waals surface area contributed by atoms with E-state index in [9.17, 15) is 22.0 Å². The Morgan fingerprint density at radius 2 is 1.57 bits per heavy atom. The molecule has 120 valence electrons. The van der Waals surface area contributed by atoms with Gasteiger partial charge < -0.3 is 0 Å². The number of primary sulfonamides is 1. The molecular formula is C16H13F2NO3S. The van der Waals surface area contributed by atoms with Gasteiger partial charge in [0.05, 0.1) is 4.90 Å². The molecule has 0 fully saturated rings. The molecule has 0 bridgehead atoms. The molecule has 0 unspecified atom stereocenters. The highest BCUT2D eigenvalue weighted by molar-refractivity contribution is 7.89. The molecule has 7 heteroatoms. The van der Waals surface area contributed by atoms with Crippen molar-refractivity contribution in [2.45, 2.75) is 11.3 Å². The van der Waals surface area contributed by atoms with Crippen LogP contribution in [0, 0.1) is 0 Å². The average molecular weight is 337 g/mol. The molecule has 0 aliphatic heterocycles. The van der Waals surface area contributed by atoms with Crippen LogP contribution in [0.25, 0.3) is 11.6 Å². The van der Waals surface area contributed by atoms with Gasteiger partial charge in [0.15, 0.2) is 0 Å². The van der Waals surface area contributed by atoms with Gasteiger partial charge in [0.2, 0.25) is 15.8 Å². The number of benzene rings is 2. The highest BCUT2D eigenvalue weighted by atomic mass is 32.2. The van der Waals surface area contributed by atoms with E-state index in [0.29, 0.717) is 11.1 Å². The Bertz CT molecular complexity index is 829. The largest absolute Gasteiger partial charge is 0.300 e. The summed E-state index contributed by atoms with van der Waals surface area (Å²) in [5.74, 6) is -1.30. The Kier molecular flexibility index (Phi) is 5.02. The van der Waals surface area contributed by atoms with E-state index in [1.807, 2.05) is 0 Å². The van der Waals surface area contributed by atoms with E-state index in [4.69, 9.17) is 5.14 Å². The molecule has 4 nitrogen and oxygen atoms in total. The van der Waals surface area contributed by atoms with E-state index < -0.39 is 22.2 Å². The number of rotatable bonds is 5. The summed E-state index contributed by atoms with van der Waals surface area (Å²) in [6.07, 6.45) is -1.85. The maximum atomic E-state index is 12.8. The van der Waals surface area contributed by atoms with Crippen molar-refractivity contribution in [3.05, 3.63) is 65.7 Å². The lowest BCUT2D eigenvalue weighted by Gasteiger charge is -2.07. The first-order valence-electron chi connectivity index (χ1n) is 6.51. The fourth-order valence-corrected chi connectivity index (χ4v) is 2.47. The lowest BCUT2D eigenvalue weighted by molar-refractivity contribution is -0.123. The number of hydrogen-bond donors (Lipinski definition) is 1. The van der Waals surface area contributed by atoms with Crippen molar-refractivity contribution in [3.8, 4) is 0 Å². The number of alkyl halides is 2. The minimum absolute atomic E-state index is 0.101. The van der Waals surface area contributed by atoms with E-state index >= 15 is 0 Å². The normalized spacial score (nSPS) is 12.4. The maximum Gasteiger partial charge on any atom is 0.300 e. The van der Waals surface area contributed by atoms with Crippen LogP contribution in [0.4, 0.5) is 8.78 Å². The Morgan fingerprint density at radius 3 is 2.04 bits per heavy atom. The van der Waals surface area contributed by atoms with Gasteiger partial charge in [-0.2, -0.15) is 0 Å². The molecule has 0 saturated carbocycles. The summed E-state index contributed by atoms with van der Waals surface area (Å²) >= 11 is 0. The summed E-state index contributed by atoms with van der Waals surface area (Å²) in [5.41, 5.74) is 0.613. The van der Waals surface area contributed by atoms with Crippen molar-refractivity contribution in [2.75, 3.05) is 0 Å². The number of allylic oxidation sites excluding steroid dienone is 1. The van der Waals surface area contributed by atoms with Crippen molar-refractivity contribution in [3.63, 3.8) is 0 Å². The van der Waals surface area contributed by atoms with Crippen molar-refractivity contribution in [2.24, 2.45) is 5.14 Å². The number of carbonyl (C=O) groups excluding carboxylic acids is 1. The smallest absolute Gasteiger partial charge is 0.288 e. The first kappa shape index (κ1) is 17.0. The molecule has 0 radical (unpaired) electrons. The first-order chi connectivity index (χ1) is 10.8. The third-order valence-corrected chi connectivity index (χ3v) is 4.00. The molecular weight excluding hydrogens is 324 g/mol. The van der Waals surface area contributed by atoms with Gasteiger partial charge in [-0.1, -0.05) is 42.5 Å². The molecule has 23 heavy (non-hydrogen) atoms. The predicted molar refractivity (Wildman–Crippen MR) is 83.1 cm³/mol. The zero-order chi connectivity index (χ0) is 17.0. The van der Waals surface area contributed by atoms with Crippen LogP contribution in [0.3, 0.4) is 0 Å². The summed E-state index contributed by atoms with van der Waals surface area (Å²) in [5, 5.41) is 4.99. The van der Waals surface area contributed by atoms with Gasteiger partial charge in [0.1, 0.15) is 0 Å². The van der Waals surface area contributed by atoms with Crippen LogP contribution in [-0.4, -0.2) is 20.6 Å². The van der Waals surface area contributed by atoms with Crippen LogP contribution in [0.5, 0.6) is 0 Å². The van der Waals surface area contributed by atoms with Crippen molar-refractivity contribution >= 4 is 27.5 Å².